The van der Waals surface area contributed by atoms with Crippen molar-refractivity contribution in [2.45, 2.75) is 19.3 Å². The Kier molecular flexibility index (Phi) is 1.96. The molecule has 0 radical (unpaired) electrons. The van der Waals surface area contributed by atoms with Crippen molar-refractivity contribution in [3.8, 4) is 0 Å². The van der Waals surface area contributed by atoms with Gasteiger partial charge in [-0.05, 0) is 25.5 Å². The van der Waals surface area contributed by atoms with E-state index in [1.807, 2.05) is 0 Å². The predicted octanol–water partition coefficient (Wildman–Crippen LogP) is 2.27. The molecule has 4 heteroatoms. The summed E-state index contributed by atoms with van der Waals surface area (Å²) in [5, 5.41) is 3.68. The Balaban J connectivity index is 2.17. The number of hydrogen-bond donors (Lipinski definition) is 0. The standard InChI is InChI=1S/C9H9FN2O/c1-6-11-9(13-12-6)7-2-4-8(10)5-3-7/h2,4-5,7H,3H2,1H3. The molecule has 2 rings (SSSR count). The van der Waals surface area contributed by atoms with Crippen LogP contribution in [0.3, 0.4) is 0 Å². The summed E-state index contributed by atoms with van der Waals surface area (Å²) < 4.78 is 17.6. The molecule has 13 heavy (non-hydrogen) atoms. The fourth-order valence-electron chi connectivity index (χ4n) is 1.24. The van der Waals surface area contributed by atoms with Crippen LogP contribution in [-0.2, 0) is 0 Å². The number of hydrogen-bond acceptors (Lipinski definition) is 3. The van der Waals surface area contributed by atoms with Gasteiger partial charge in [-0.15, -0.1) is 0 Å². The van der Waals surface area contributed by atoms with Crippen molar-refractivity contribution in [2.75, 3.05) is 0 Å². The minimum absolute atomic E-state index is 0.0284. The maximum Gasteiger partial charge on any atom is 0.233 e. The Hall–Kier alpha value is -1.45. The quantitative estimate of drug-likeness (QED) is 0.665. The van der Waals surface area contributed by atoms with Gasteiger partial charge >= 0.3 is 0 Å². The molecular weight excluding hydrogens is 171 g/mol. The minimum atomic E-state index is -0.201. The molecule has 1 heterocycles. The zero-order valence-corrected chi connectivity index (χ0v) is 7.20. The molecule has 0 bridgehead atoms. The van der Waals surface area contributed by atoms with Crippen LogP contribution in [0.4, 0.5) is 4.39 Å². The highest BCUT2D eigenvalue weighted by Crippen LogP contribution is 2.25. The van der Waals surface area contributed by atoms with Crippen LogP contribution in [0.25, 0.3) is 0 Å². The van der Waals surface area contributed by atoms with E-state index in [9.17, 15) is 4.39 Å². The van der Waals surface area contributed by atoms with Crippen molar-refractivity contribution in [3.05, 3.63) is 35.8 Å². The topological polar surface area (TPSA) is 38.9 Å². The van der Waals surface area contributed by atoms with E-state index in [2.05, 4.69) is 10.1 Å². The smallest absolute Gasteiger partial charge is 0.233 e. The zero-order valence-electron chi connectivity index (χ0n) is 7.20. The van der Waals surface area contributed by atoms with Crippen molar-refractivity contribution in [1.29, 1.82) is 0 Å². The van der Waals surface area contributed by atoms with Crippen molar-refractivity contribution in [2.24, 2.45) is 0 Å². The molecule has 0 saturated heterocycles. The van der Waals surface area contributed by atoms with Crippen molar-refractivity contribution < 1.29 is 8.91 Å². The van der Waals surface area contributed by atoms with Gasteiger partial charge in [-0.25, -0.2) is 4.39 Å². The molecule has 3 nitrogen and oxygen atoms in total. The Morgan fingerprint density at radius 3 is 3.00 bits per heavy atom. The van der Waals surface area contributed by atoms with Crippen LogP contribution >= 0.6 is 0 Å². The second-order valence-electron chi connectivity index (χ2n) is 2.97. The molecule has 0 saturated carbocycles. The van der Waals surface area contributed by atoms with E-state index in [0.717, 1.165) is 0 Å². The van der Waals surface area contributed by atoms with Crippen molar-refractivity contribution in [3.63, 3.8) is 0 Å². The summed E-state index contributed by atoms with van der Waals surface area (Å²) in [7, 11) is 0. The lowest BCUT2D eigenvalue weighted by molar-refractivity contribution is 0.363. The van der Waals surface area contributed by atoms with E-state index in [-0.39, 0.29) is 11.7 Å². The highest BCUT2D eigenvalue weighted by Gasteiger charge is 2.16. The van der Waals surface area contributed by atoms with Gasteiger partial charge in [0.05, 0.1) is 5.92 Å². The molecule has 0 fully saturated rings. The highest BCUT2D eigenvalue weighted by atomic mass is 19.1. The summed E-state index contributed by atoms with van der Waals surface area (Å²) in [6.45, 7) is 1.76. The van der Waals surface area contributed by atoms with E-state index in [4.69, 9.17) is 4.52 Å². The maximum atomic E-state index is 12.6. The first-order valence-corrected chi connectivity index (χ1v) is 4.10. The van der Waals surface area contributed by atoms with Crippen molar-refractivity contribution >= 4 is 0 Å². The molecule has 0 aliphatic heterocycles. The third-order valence-electron chi connectivity index (χ3n) is 1.92. The van der Waals surface area contributed by atoms with Gasteiger partial charge in [0, 0.05) is 0 Å². The molecule has 1 aromatic heterocycles. The van der Waals surface area contributed by atoms with Crippen LogP contribution in [0.2, 0.25) is 0 Å². The summed E-state index contributed by atoms with van der Waals surface area (Å²) in [5.74, 6) is 0.990. The van der Waals surface area contributed by atoms with Gasteiger partial charge in [-0.3, -0.25) is 0 Å². The number of nitrogens with zero attached hydrogens (tertiary/aromatic N) is 2. The lowest BCUT2D eigenvalue weighted by atomic mass is 10.0. The molecule has 1 aliphatic carbocycles. The molecule has 1 aliphatic rings. The molecule has 1 atom stereocenters. The summed E-state index contributed by atoms with van der Waals surface area (Å²) >= 11 is 0. The van der Waals surface area contributed by atoms with E-state index in [1.54, 1.807) is 13.0 Å². The number of aromatic nitrogens is 2. The van der Waals surface area contributed by atoms with Crippen LogP contribution in [0, 0.1) is 6.92 Å². The molecule has 0 aromatic carbocycles. The molecular formula is C9H9FN2O. The monoisotopic (exact) mass is 180 g/mol. The van der Waals surface area contributed by atoms with Gasteiger partial charge in [0.25, 0.3) is 0 Å². The first-order chi connectivity index (χ1) is 6.25. The fourth-order valence-corrected chi connectivity index (χ4v) is 1.24. The van der Waals surface area contributed by atoms with Crippen LogP contribution in [-0.4, -0.2) is 10.1 Å². The third-order valence-corrected chi connectivity index (χ3v) is 1.92. The largest absolute Gasteiger partial charge is 0.339 e. The second kappa shape index (κ2) is 3.12. The highest BCUT2D eigenvalue weighted by molar-refractivity contribution is 5.22. The molecule has 1 aromatic rings. The van der Waals surface area contributed by atoms with Gasteiger partial charge in [0.15, 0.2) is 5.82 Å². The van der Waals surface area contributed by atoms with Gasteiger partial charge < -0.3 is 4.52 Å². The molecule has 0 amide bonds. The van der Waals surface area contributed by atoms with Gasteiger partial charge in [-0.2, -0.15) is 4.98 Å². The molecule has 68 valence electrons. The Morgan fingerprint density at radius 2 is 2.46 bits per heavy atom. The lowest BCUT2D eigenvalue weighted by Crippen LogP contribution is -1.97. The number of rotatable bonds is 1. The average molecular weight is 180 g/mol. The second-order valence-corrected chi connectivity index (χ2v) is 2.97. The first kappa shape index (κ1) is 8.16. The van der Waals surface area contributed by atoms with E-state index in [0.29, 0.717) is 18.1 Å². The van der Waals surface area contributed by atoms with Crippen LogP contribution in [0.15, 0.2) is 28.6 Å². The first-order valence-electron chi connectivity index (χ1n) is 4.10. The van der Waals surface area contributed by atoms with Gasteiger partial charge in [0.1, 0.15) is 5.83 Å². The molecule has 0 spiro atoms. The lowest BCUT2D eigenvalue weighted by Gasteiger charge is -2.07. The fraction of sp³-hybridized carbons (Fsp3) is 0.333. The van der Waals surface area contributed by atoms with Gasteiger partial charge in [-0.1, -0.05) is 11.2 Å². The summed E-state index contributed by atoms with van der Waals surface area (Å²) in [4.78, 5) is 4.08. The maximum absolute atomic E-state index is 12.6. The van der Waals surface area contributed by atoms with Crippen LogP contribution in [0.1, 0.15) is 24.1 Å². The van der Waals surface area contributed by atoms with Gasteiger partial charge in [0.2, 0.25) is 5.89 Å². The van der Waals surface area contributed by atoms with Crippen LogP contribution < -0.4 is 0 Å². The SMILES string of the molecule is Cc1noc(C2C=CC(F)=CC2)n1. The zero-order chi connectivity index (χ0) is 9.26. The van der Waals surface area contributed by atoms with E-state index >= 15 is 0 Å². The number of allylic oxidation sites excluding steroid dienone is 4. The van der Waals surface area contributed by atoms with E-state index in [1.165, 1.54) is 12.2 Å². The van der Waals surface area contributed by atoms with Crippen molar-refractivity contribution in [1.82, 2.24) is 10.1 Å². The molecule has 1 unspecified atom stereocenters. The molecule has 0 N–H and O–H groups in total. The Morgan fingerprint density at radius 1 is 1.62 bits per heavy atom. The summed E-state index contributed by atoms with van der Waals surface area (Å²) in [5.41, 5.74) is 0. The third kappa shape index (κ3) is 1.66. The Labute approximate surface area is 75.0 Å². The van der Waals surface area contributed by atoms with E-state index < -0.39 is 0 Å². The number of aryl methyl sites for hydroxylation is 1. The Bertz CT molecular complexity index is 367. The summed E-state index contributed by atoms with van der Waals surface area (Å²) in [6, 6.07) is 0. The van der Waals surface area contributed by atoms with Crippen LogP contribution in [0.5, 0.6) is 0 Å². The minimum Gasteiger partial charge on any atom is -0.339 e. The predicted molar refractivity (Wildman–Crippen MR) is 44.7 cm³/mol. The summed E-state index contributed by atoms with van der Waals surface area (Å²) in [6.07, 6.45) is 5.27. The normalized spacial score (nSPS) is 21.7. The average Bonchev–Trinajstić information content (AvgIpc) is 2.53. The number of halogens is 1.